The van der Waals surface area contributed by atoms with Crippen molar-refractivity contribution in [2.45, 2.75) is 92.3 Å². The van der Waals surface area contributed by atoms with E-state index in [9.17, 15) is 19.2 Å². The van der Waals surface area contributed by atoms with Crippen LogP contribution in [0.15, 0.2) is 12.1 Å². The van der Waals surface area contributed by atoms with Gasteiger partial charge in [0.15, 0.2) is 11.6 Å². The molecule has 0 bridgehead atoms. The lowest BCUT2D eigenvalue weighted by molar-refractivity contribution is -0.158. The largest absolute Gasteiger partial charge is 0.459 e. The second-order valence-electron chi connectivity index (χ2n) is 10.4. The molecule has 0 amide bonds. The molecule has 0 saturated heterocycles. The number of carbonyl (C=O) groups is 4. The first kappa shape index (κ1) is 30.4. The van der Waals surface area contributed by atoms with Crippen molar-refractivity contribution in [3.05, 3.63) is 21.9 Å². The topological polar surface area (TPSA) is 134 Å². The fourth-order valence-electron chi connectivity index (χ4n) is 3.23. The highest BCUT2D eigenvalue weighted by molar-refractivity contribution is 7.12. The summed E-state index contributed by atoms with van der Waals surface area (Å²) in [7, 11) is 0. The quantitative estimate of drug-likeness (QED) is 0.310. The molecule has 35 heavy (non-hydrogen) atoms. The first-order chi connectivity index (χ1) is 16.0. The maximum Gasteiger partial charge on any atom is 0.315 e. The number of ketones is 2. The molecule has 194 valence electrons. The van der Waals surface area contributed by atoms with Gasteiger partial charge in [0.25, 0.3) is 0 Å². The van der Waals surface area contributed by atoms with Crippen LogP contribution in [-0.4, -0.2) is 46.1 Å². The molecule has 0 unspecified atom stereocenters. The van der Waals surface area contributed by atoms with Crippen LogP contribution >= 0.6 is 11.3 Å². The standard InChI is InChI=1S/C26H38N2O6S/c1-9-17(23(31)33-25(3,4)5)21(27)19(29)13-15-11-12-16(35-15)14-20(30)22(28)18(10-2)24(32)34-26(6,7)8/h11-12,17-18,27-28H,9-10,13-14H2,1-8H3/t17-,18-/m1/s1. The molecule has 0 aromatic carbocycles. The van der Waals surface area contributed by atoms with Gasteiger partial charge in [0.05, 0.1) is 11.4 Å². The summed E-state index contributed by atoms with van der Waals surface area (Å²) in [5, 5.41) is 16.4. The monoisotopic (exact) mass is 506 g/mol. The molecule has 9 heteroatoms. The molecular weight excluding hydrogens is 468 g/mol. The van der Waals surface area contributed by atoms with E-state index in [1.807, 2.05) is 0 Å². The van der Waals surface area contributed by atoms with E-state index in [1.165, 1.54) is 11.3 Å². The Balaban J connectivity index is 2.81. The molecule has 2 atom stereocenters. The van der Waals surface area contributed by atoms with Crippen LogP contribution in [0.5, 0.6) is 0 Å². The highest BCUT2D eigenvalue weighted by Gasteiger charge is 2.32. The molecule has 0 saturated carbocycles. The Morgan fingerprint density at radius 1 is 0.743 bits per heavy atom. The second-order valence-corrected chi connectivity index (χ2v) is 11.6. The van der Waals surface area contributed by atoms with Crippen molar-refractivity contribution < 1.29 is 28.7 Å². The summed E-state index contributed by atoms with van der Waals surface area (Å²) in [5.41, 5.74) is -2.01. The molecule has 0 radical (unpaired) electrons. The molecule has 0 aliphatic rings. The van der Waals surface area contributed by atoms with Crippen LogP contribution in [0.3, 0.4) is 0 Å². The minimum Gasteiger partial charge on any atom is -0.459 e. The van der Waals surface area contributed by atoms with E-state index in [0.717, 1.165) is 0 Å². The van der Waals surface area contributed by atoms with Gasteiger partial charge in [0.1, 0.15) is 23.0 Å². The number of hydrogen-bond donors (Lipinski definition) is 2. The lowest BCUT2D eigenvalue weighted by atomic mass is 9.95. The average molecular weight is 507 g/mol. The summed E-state index contributed by atoms with van der Waals surface area (Å²) in [6.07, 6.45) is 0.428. The smallest absolute Gasteiger partial charge is 0.315 e. The molecule has 1 rings (SSSR count). The highest BCUT2D eigenvalue weighted by Crippen LogP contribution is 2.22. The van der Waals surface area contributed by atoms with Crippen molar-refractivity contribution in [2.24, 2.45) is 11.8 Å². The van der Waals surface area contributed by atoms with Crippen LogP contribution in [0.4, 0.5) is 0 Å². The van der Waals surface area contributed by atoms with E-state index in [2.05, 4.69) is 0 Å². The van der Waals surface area contributed by atoms with Crippen molar-refractivity contribution in [1.29, 1.82) is 10.8 Å². The maximum atomic E-state index is 12.7. The van der Waals surface area contributed by atoms with Crippen LogP contribution in [0.2, 0.25) is 0 Å². The second kappa shape index (κ2) is 12.3. The fraction of sp³-hybridized carbons (Fsp3) is 0.615. The Labute approximate surface area is 211 Å². The van der Waals surface area contributed by atoms with Crippen molar-refractivity contribution in [2.75, 3.05) is 0 Å². The lowest BCUT2D eigenvalue weighted by Crippen LogP contribution is -2.35. The number of hydrogen-bond acceptors (Lipinski definition) is 9. The zero-order valence-electron chi connectivity index (χ0n) is 22.0. The third-order valence-electron chi connectivity index (χ3n) is 4.88. The summed E-state index contributed by atoms with van der Waals surface area (Å²) in [6, 6.07) is 3.39. The SMILES string of the molecule is CC[C@H](C(=N)C(=O)Cc1ccc(CC(=O)C(=N)[C@@H](CC)C(=O)OC(C)(C)C)s1)C(=O)OC(C)(C)C. The fourth-order valence-corrected chi connectivity index (χ4v) is 4.25. The molecule has 0 fully saturated rings. The third kappa shape index (κ3) is 9.84. The van der Waals surface area contributed by atoms with Crippen LogP contribution in [0.25, 0.3) is 0 Å². The Bertz CT molecular complexity index is 904. The summed E-state index contributed by atoms with van der Waals surface area (Å²) in [4.78, 5) is 51.4. The van der Waals surface area contributed by atoms with Crippen molar-refractivity contribution in [3.8, 4) is 0 Å². The summed E-state index contributed by atoms with van der Waals surface area (Å²) < 4.78 is 10.7. The number of rotatable bonds is 12. The Morgan fingerprint density at radius 2 is 1.06 bits per heavy atom. The zero-order chi connectivity index (χ0) is 27.1. The number of ether oxygens (including phenoxy) is 2. The van der Waals surface area contributed by atoms with Crippen molar-refractivity contribution in [1.82, 2.24) is 0 Å². The van der Waals surface area contributed by atoms with Gasteiger partial charge in [0, 0.05) is 22.6 Å². The molecule has 1 heterocycles. The number of thiophene rings is 1. The van der Waals surface area contributed by atoms with Crippen molar-refractivity contribution >= 4 is 46.3 Å². The third-order valence-corrected chi connectivity index (χ3v) is 5.97. The zero-order valence-corrected chi connectivity index (χ0v) is 22.8. The van der Waals surface area contributed by atoms with Gasteiger partial charge in [-0.2, -0.15) is 0 Å². The first-order valence-corrected chi connectivity index (χ1v) is 12.6. The van der Waals surface area contributed by atoms with E-state index in [1.54, 1.807) is 67.5 Å². The van der Waals surface area contributed by atoms with E-state index in [0.29, 0.717) is 9.75 Å². The lowest BCUT2D eigenvalue weighted by Gasteiger charge is -2.23. The van der Waals surface area contributed by atoms with Crippen LogP contribution in [0, 0.1) is 22.7 Å². The molecule has 8 nitrogen and oxygen atoms in total. The Hall–Kier alpha value is -2.68. The Kier molecular flexibility index (Phi) is 10.7. The minimum absolute atomic E-state index is 0.0655. The highest BCUT2D eigenvalue weighted by atomic mass is 32.1. The van der Waals surface area contributed by atoms with E-state index < -0.39 is 46.5 Å². The predicted octanol–water partition coefficient (Wildman–Crippen LogP) is 4.75. The molecular formula is C26H38N2O6S. The minimum atomic E-state index is -0.929. The van der Waals surface area contributed by atoms with Gasteiger partial charge in [-0.3, -0.25) is 19.2 Å². The van der Waals surface area contributed by atoms with Gasteiger partial charge in [-0.15, -0.1) is 11.3 Å². The normalized spacial score (nSPS) is 13.5. The van der Waals surface area contributed by atoms with Crippen molar-refractivity contribution in [3.63, 3.8) is 0 Å². The number of nitrogens with one attached hydrogen (secondary N) is 2. The average Bonchev–Trinajstić information content (AvgIpc) is 3.12. The molecule has 0 aliphatic carbocycles. The number of Topliss-reactive ketones (excluding diaryl/α,β-unsaturated/α-hetero) is 2. The van der Waals surface area contributed by atoms with Gasteiger partial charge in [0.2, 0.25) is 0 Å². The maximum absolute atomic E-state index is 12.7. The van der Waals surface area contributed by atoms with Crippen LogP contribution in [-0.2, 0) is 41.5 Å². The number of carbonyl (C=O) groups excluding carboxylic acids is 4. The van der Waals surface area contributed by atoms with E-state index in [4.69, 9.17) is 20.3 Å². The molecule has 2 N–H and O–H groups in total. The van der Waals surface area contributed by atoms with E-state index in [-0.39, 0.29) is 37.1 Å². The van der Waals surface area contributed by atoms with Crippen LogP contribution < -0.4 is 0 Å². The van der Waals surface area contributed by atoms with Gasteiger partial charge >= 0.3 is 11.9 Å². The predicted molar refractivity (Wildman–Crippen MR) is 136 cm³/mol. The molecule has 1 aromatic rings. The summed E-state index contributed by atoms with van der Waals surface area (Å²) in [5.74, 6) is -4.00. The van der Waals surface area contributed by atoms with Gasteiger partial charge in [-0.05, 0) is 66.5 Å². The first-order valence-electron chi connectivity index (χ1n) is 11.8. The Morgan fingerprint density at radius 3 is 1.31 bits per heavy atom. The summed E-state index contributed by atoms with van der Waals surface area (Å²) >= 11 is 1.23. The molecule has 0 spiro atoms. The van der Waals surface area contributed by atoms with Gasteiger partial charge in [-0.1, -0.05) is 13.8 Å². The van der Waals surface area contributed by atoms with Gasteiger partial charge < -0.3 is 20.3 Å². The van der Waals surface area contributed by atoms with Gasteiger partial charge in [-0.25, -0.2) is 0 Å². The molecule has 0 aliphatic heterocycles. The number of esters is 2. The molecule has 1 aromatic heterocycles. The van der Waals surface area contributed by atoms with Crippen LogP contribution in [0.1, 0.15) is 78.0 Å². The van der Waals surface area contributed by atoms with E-state index >= 15 is 0 Å². The summed E-state index contributed by atoms with van der Waals surface area (Å²) in [6.45, 7) is 13.8.